The summed E-state index contributed by atoms with van der Waals surface area (Å²) in [5, 5.41) is 11.1. The van der Waals surface area contributed by atoms with E-state index in [-0.39, 0.29) is 5.41 Å². The first-order chi connectivity index (χ1) is 11.5. The monoisotopic (exact) mass is 344 g/mol. The van der Waals surface area contributed by atoms with E-state index in [0.717, 1.165) is 42.8 Å². The Morgan fingerprint density at radius 3 is 2.38 bits per heavy atom. The topological polar surface area (TPSA) is 58.0 Å². The highest BCUT2D eigenvalue weighted by Crippen LogP contribution is 2.42. The summed E-state index contributed by atoms with van der Waals surface area (Å²) in [5.41, 5.74) is 1.14. The van der Waals surface area contributed by atoms with Gasteiger partial charge in [-0.2, -0.15) is 0 Å². The van der Waals surface area contributed by atoms with Gasteiger partial charge in [-0.15, -0.1) is 10.2 Å². The molecule has 4 rings (SSSR count). The minimum absolute atomic E-state index is 0.0469. The summed E-state index contributed by atoms with van der Waals surface area (Å²) in [6.07, 6.45) is 4.26. The summed E-state index contributed by atoms with van der Waals surface area (Å²) in [7, 11) is 0. The number of rotatable bonds is 3. The average molecular weight is 344 g/mol. The zero-order chi connectivity index (χ0) is 16.7. The number of piperazine rings is 1. The molecule has 0 bridgehead atoms. The maximum absolute atomic E-state index is 4.48. The molecule has 0 atom stereocenters. The van der Waals surface area contributed by atoms with E-state index in [2.05, 4.69) is 56.8 Å². The van der Waals surface area contributed by atoms with Crippen molar-refractivity contribution in [3.05, 3.63) is 23.1 Å². The average Bonchev–Trinajstić information content (AvgIpc) is 3.32. The normalized spacial score (nSPS) is 19.0. The van der Waals surface area contributed by atoms with E-state index >= 15 is 0 Å². The first kappa shape index (κ1) is 15.7. The molecular formula is C17H24N6S. The number of anilines is 2. The van der Waals surface area contributed by atoms with Crippen molar-refractivity contribution in [1.29, 1.82) is 0 Å². The summed E-state index contributed by atoms with van der Waals surface area (Å²) in [6.45, 7) is 10.4. The van der Waals surface area contributed by atoms with Crippen molar-refractivity contribution in [3.63, 3.8) is 0 Å². The second-order valence-corrected chi connectivity index (χ2v) is 8.67. The second-order valence-electron chi connectivity index (χ2n) is 7.68. The Morgan fingerprint density at radius 1 is 1.00 bits per heavy atom. The summed E-state index contributed by atoms with van der Waals surface area (Å²) in [6, 6.07) is 2.13. The van der Waals surface area contributed by atoms with Gasteiger partial charge in [-0.3, -0.25) is 0 Å². The fourth-order valence-electron chi connectivity index (χ4n) is 2.91. The van der Waals surface area contributed by atoms with Gasteiger partial charge in [0.15, 0.2) is 0 Å². The molecule has 0 amide bonds. The van der Waals surface area contributed by atoms with Crippen molar-refractivity contribution in [2.45, 2.75) is 44.9 Å². The van der Waals surface area contributed by atoms with Gasteiger partial charge >= 0.3 is 0 Å². The lowest BCUT2D eigenvalue weighted by Gasteiger charge is -2.35. The Morgan fingerprint density at radius 2 is 1.71 bits per heavy atom. The van der Waals surface area contributed by atoms with Crippen LogP contribution in [0, 0.1) is 0 Å². The maximum Gasteiger partial charge on any atom is 0.208 e. The lowest BCUT2D eigenvalue weighted by molar-refractivity contribution is 0.564. The number of hydrogen-bond acceptors (Lipinski definition) is 7. The zero-order valence-corrected chi connectivity index (χ0v) is 15.4. The van der Waals surface area contributed by atoms with Crippen molar-refractivity contribution in [3.8, 4) is 0 Å². The molecule has 0 unspecified atom stereocenters. The van der Waals surface area contributed by atoms with Crippen molar-refractivity contribution >= 4 is 22.3 Å². The molecule has 2 aromatic rings. The third-order valence-electron chi connectivity index (χ3n) is 4.65. The second kappa shape index (κ2) is 5.95. The fraction of sp³-hybridized carbons (Fsp3) is 0.647. The van der Waals surface area contributed by atoms with Crippen LogP contribution < -0.4 is 9.80 Å². The first-order valence-corrected chi connectivity index (χ1v) is 9.48. The number of aromatic nitrogens is 4. The number of hydrogen-bond donors (Lipinski definition) is 0. The molecule has 2 aromatic heterocycles. The standard InChI is InChI=1S/C17H24N6S/c1-17(2,3)13-10-14(19-11-18-13)22-6-8-23(9-7-22)16-21-20-15(24-16)12-4-5-12/h10-12H,4-9H2,1-3H3. The Balaban J connectivity index is 1.42. The highest BCUT2D eigenvalue weighted by Gasteiger charge is 2.29. The van der Waals surface area contributed by atoms with E-state index < -0.39 is 0 Å². The molecular weight excluding hydrogens is 320 g/mol. The summed E-state index contributed by atoms with van der Waals surface area (Å²) in [4.78, 5) is 13.6. The van der Waals surface area contributed by atoms with Gasteiger partial charge in [-0.25, -0.2) is 9.97 Å². The van der Waals surface area contributed by atoms with Crippen LogP contribution in [-0.2, 0) is 5.41 Å². The van der Waals surface area contributed by atoms with Gasteiger partial charge in [0.1, 0.15) is 17.2 Å². The van der Waals surface area contributed by atoms with Crippen LogP contribution in [0.3, 0.4) is 0 Å². The predicted molar refractivity (Wildman–Crippen MR) is 97.0 cm³/mol. The largest absolute Gasteiger partial charge is 0.353 e. The molecule has 2 fully saturated rings. The molecule has 0 aromatic carbocycles. The van der Waals surface area contributed by atoms with Gasteiger partial charge in [0.05, 0.1) is 5.69 Å². The van der Waals surface area contributed by atoms with Crippen molar-refractivity contribution < 1.29 is 0 Å². The molecule has 0 spiro atoms. The lowest BCUT2D eigenvalue weighted by atomic mass is 9.92. The molecule has 2 aliphatic rings. The van der Waals surface area contributed by atoms with Crippen molar-refractivity contribution in [2.75, 3.05) is 36.0 Å². The third-order valence-corrected chi connectivity index (χ3v) is 5.80. The van der Waals surface area contributed by atoms with E-state index in [0.29, 0.717) is 5.92 Å². The molecule has 1 aliphatic heterocycles. The van der Waals surface area contributed by atoms with Crippen LogP contribution in [0.1, 0.15) is 50.2 Å². The van der Waals surface area contributed by atoms with E-state index in [1.165, 1.54) is 17.8 Å². The maximum atomic E-state index is 4.48. The van der Waals surface area contributed by atoms with Crippen LogP contribution in [0.4, 0.5) is 10.9 Å². The van der Waals surface area contributed by atoms with Gasteiger partial charge in [0.25, 0.3) is 0 Å². The minimum atomic E-state index is 0.0469. The highest BCUT2D eigenvalue weighted by molar-refractivity contribution is 7.15. The molecule has 1 aliphatic carbocycles. The fourth-order valence-corrected chi connectivity index (χ4v) is 3.97. The smallest absolute Gasteiger partial charge is 0.208 e. The van der Waals surface area contributed by atoms with Crippen LogP contribution >= 0.6 is 11.3 Å². The van der Waals surface area contributed by atoms with Gasteiger partial charge in [0.2, 0.25) is 5.13 Å². The van der Waals surface area contributed by atoms with Crippen LogP contribution in [0.25, 0.3) is 0 Å². The molecule has 1 saturated heterocycles. The van der Waals surface area contributed by atoms with Crippen LogP contribution in [0.5, 0.6) is 0 Å². The molecule has 1 saturated carbocycles. The quantitative estimate of drug-likeness (QED) is 0.853. The molecule has 128 valence electrons. The first-order valence-electron chi connectivity index (χ1n) is 8.66. The van der Waals surface area contributed by atoms with E-state index in [1.807, 2.05) is 0 Å². The van der Waals surface area contributed by atoms with Gasteiger partial charge in [-0.05, 0) is 12.8 Å². The summed E-state index contributed by atoms with van der Waals surface area (Å²) >= 11 is 1.77. The van der Waals surface area contributed by atoms with Gasteiger partial charge < -0.3 is 9.80 Å². The van der Waals surface area contributed by atoms with Crippen LogP contribution in [0.15, 0.2) is 12.4 Å². The van der Waals surface area contributed by atoms with E-state index in [1.54, 1.807) is 17.7 Å². The Labute approximate surface area is 146 Å². The lowest BCUT2D eigenvalue weighted by Crippen LogP contribution is -2.47. The third kappa shape index (κ3) is 3.22. The number of nitrogens with zero attached hydrogens (tertiary/aromatic N) is 6. The molecule has 6 nitrogen and oxygen atoms in total. The molecule has 3 heterocycles. The van der Waals surface area contributed by atoms with E-state index in [4.69, 9.17) is 0 Å². The summed E-state index contributed by atoms with van der Waals surface area (Å²) < 4.78 is 0. The predicted octanol–water partition coefficient (Wildman–Crippen LogP) is 2.83. The molecule has 0 N–H and O–H groups in total. The Bertz CT molecular complexity index is 710. The van der Waals surface area contributed by atoms with E-state index in [9.17, 15) is 0 Å². The SMILES string of the molecule is CC(C)(C)c1cc(N2CCN(c3nnc(C4CC4)s3)CC2)ncn1. The minimum Gasteiger partial charge on any atom is -0.353 e. The van der Waals surface area contributed by atoms with Crippen molar-refractivity contribution in [1.82, 2.24) is 20.2 Å². The molecule has 24 heavy (non-hydrogen) atoms. The Kier molecular flexibility index (Phi) is 3.90. The van der Waals surface area contributed by atoms with Crippen LogP contribution in [0.2, 0.25) is 0 Å². The Hall–Kier alpha value is -1.76. The zero-order valence-electron chi connectivity index (χ0n) is 14.6. The van der Waals surface area contributed by atoms with Gasteiger partial charge in [0, 0.05) is 43.6 Å². The van der Waals surface area contributed by atoms with Gasteiger partial charge in [-0.1, -0.05) is 32.1 Å². The molecule has 7 heteroatoms. The molecule has 0 radical (unpaired) electrons. The van der Waals surface area contributed by atoms with Crippen LogP contribution in [-0.4, -0.2) is 46.3 Å². The highest BCUT2D eigenvalue weighted by atomic mass is 32.1. The van der Waals surface area contributed by atoms with Crippen molar-refractivity contribution in [2.24, 2.45) is 0 Å². The summed E-state index contributed by atoms with van der Waals surface area (Å²) in [5.74, 6) is 1.72.